The maximum atomic E-state index is 12.5. The lowest BCUT2D eigenvalue weighted by atomic mass is 10.0. The largest absolute Gasteiger partial charge is 0.444 e. The van der Waals surface area contributed by atoms with Gasteiger partial charge in [-0.3, -0.25) is 0 Å². The first-order valence-corrected chi connectivity index (χ1v) is 8.50. The number of likely N-dealkylation sites (tertiary alicyclic amines) is 1. The fourth-order valence-electron chi connectivity index (χ4n) is 3.09. The van der Waals surface area contributed by atoms with Crippen LogP contribution in [-0.4, -0.2) is 53.2 Å². The third kappa shape index (κ3) is 5.17. The van der Waals surface area contributed by atoms with E-state index in [-0.39, 0.29) is 6.09 Å². The number of amides is 1. The SMILES string of the molecule is CC(C)CN(C(=O)OC(C)(C)C)C1CCN(C2CC2)CC1. The first-order valence-electron chi connectivity index (χ1n) is 8.50. The fourth-order valence-corrected chi connectivity index (χ4v) is 3.09. The van der Waals surface area contributed by atoms with Gasteiger partial charge in [-0.1, -0.05) is 13.8 Å². The van der Waals surface area contributed by atoms with E-state index in [9.17, 15) is 4.79 Å². The van der Waals surface area contributed by atoms with Crippen LogP contribution in [0, 0.1) is 5.92 Å². The lowest BCUT2D eigenvalue weighted by molar-refractivity contribution is 0.00485. The van der Waals surface area contributed by atoms with Crippen LogP contribution in [0.3, 0.4) is 0 Å². The fraction of sp³-hybridized carbons (Fsp3) is 0.941. The standard InChI is InChI=1S/C17H32N2O2/c1-13(2)12-19(16(20)21-17(3,4)5)15-8-10-18(11-9-15)14-6-7-14/h13-15H,6-12H2,1-5H3. The summed E-state index contributed by atoms with van der Waals surface area (Å²) >= 11 is 0. The van der Waals surface area contributed by atoms with Gasteiger partial charge in [0.2, 0.25) is 0 Å². The molecule has 0 spiro atoms. The lowest BCUT2D eigenvalue weighted by Gasteiger charge is -2.39. The van der Waals surface area contributed by atoms with Gasteiger partial charge in [-0.15, -0.1) is 0 Å². The summed E-state index contributed by atoms with van der Waals surface area (Å²) in [5, 5.41) is 0. The van der Waals surface area contributed by atoms with E-state index in [1.54, 1.807) is 0 Å². The molecular weight excluding hydrogens is 264 g/mol. The average Bonchev–Trinajstić information content (AvgIpc) is 3.18. The van der Waals surface area contributed by atoms with E-state index < -0.39 is 5.60 Å². The van der Waals surface area contributed by atoms with Gasteiger partial charge in [0.1, 0.15) is 5.60 Å². The van der Waals surface area contributed by atoms with Crippen molar-refractivity contribution in [3.63, 3.8) is 0 Å². The molecule has 0 atom stereocenters. The maximum Gasteiger partial charge on any atom is 0.410 e. The number of hydrogen-bond acceptors (Lipinski definition) is 3. The molecule has 4 heteroatoms. The Labute approximate surface area is 129 Å². The summed E-state index contributed by atoms with van der Waals surface area (Å²) in [4.78, 5) is 17.1. The molecule has 2 rings (SSSR count). The highest BCUT2D eigenvalue weighted by molar-refractivity contribution is 5.68. The number of nitrogens with zero attached hydrogens (tertiary/aromatic N) is 2. The van der Waals surface area contributed by atoms with Crippen LogP contribution in [0.4, 0.5) is 4.79 Å². The van der Waals surface area contributed by atoms with Crippen LogP contribution in [0.25, 0.3) is 0 Å². The van der Waals surface area contributed by atoms with Gasteiger partial charge in [0, 0.05) is 31.7 Å². The highest BCUT2D eigenvalue weighted by Gasteiger charge is 2.35. The molecule has 0 aromatic rings. The molecule has 0 N–H and O–H groups in total. The van der Waals surface area contributed by atoms with Gasteiger partial charge in [0.15, 0.2) is 0 Å². The minimum Gasteiger partial charge on any atom is -0.444 e. The Morgan fingerprint density at radius 2 is 1.76 bits per heavy atom. The van der Waals surface area contributed by atoms with Crippen LogP contribution in [0.2, 0.25) is 0 Å². The Bertz CT molecular complexity index is 350. The Morgan fingerprint density at radius 3 is 2.19 bits per heavy atom. The summed E-state index contributed by atoms with van der Waals surface area (Å²) < 4.78 is 5.61. The van der Waals surface area contributed by atoms with Crippen molar-refractivity contribution in [2.45, 2.75) is 78.0 Å². The van der Waals surface area contributed by atoms with Crippen molar-refractivity contribution in [1.82, 2.24) is 9.80 Å². The topological polar surface area (TPSA) is 32.8 Å². The molecule has 0 radical (unpaired) electrons. The Kier molecular flexibility index (Phi) is 5.18. The van der Waals surface area contributed by atoms with Gasteiger partial charge in [0.05, 0.1) is 0 Å². The summed E-state index contributed by atoms with van der Waals surface area (Å²) in [5.74, 6) is 0.471. The molecule has 0 aromatic heterocycles. The van der Waals surface area contributed by atoms with Crippen LogP contribution in [-0.2, 0) is 4.74 Å². The van der Waals surface area contributed by atoms with E-state index in [1.165, 1.54) is 12.8 Å². The monoisotopic (exact) mass is 296 g/mol. The third-order valence-corrected chi connectivity index (χ3v) is 4.19. The Balaban J connectivity index is 1.93. The summed E-state index contributed by atoms with van der Waals surface area (Å²) in [6.45, 7) is 13.2. The van der Waals surface area contributed by atoms with E-state index >= 15 is 0 Å². The second-order valence-electron chi connectivity index (χ2n) is 8.02. The second-order valence-corrected chi connectivity index (χ2v) is 8.02. The number of carbonyl (C=O) groups is 1. The zero-order chi connectivity index (χ0) is 15.6. The van der Waals surface area contributed by atoms with E-state index in [2.05, 4.69) is 18.7 Å². The molecule has 1 saturated heterocycles. The molecule has 2 fully saturated rings. The Hall–Kier alpha value is -0.770. The minimum absolute atomic E-state index is 0.138. The van der Waals surface area contributed by atoms with E-state index in [0.717, 1.165) is 38.5 Å². The van der Waals surface area contributed by atoms with Crippen molar-refractivity contribution in [2.75, 3.05) is 19.6 Å². The van der Waals surface area contributed by atoms with Crippen molar-refractivity contribution in [3.05, 3.63) is 0 Å². The van der Waals surface area contributed by atoms with Gasteiger partial charge < -0.3 is 14.5 Å². The minimum atomic E-state index is -0.416. The predicted octanol–water partition coefficient (Wildman–Crippen LogP) is 3.51. The summed E-state index contributed by atoms with van der Waals surface area (Å²) in [6.07, 6.45) is 4.77. The first-order chi connectivity index (χ1) is 9.76. The summed E-state index contributed by atoms with van der Waals surface area (Å²) in [7, 11) is 0. The molecule has 1 heterocycles. The van der Waals surface area contributed by atoms with Gasteiger partial charge in [-0.05, 0) is 52.4 Å². The average molecular weight is 296 g/mol. The van der Waals surface area contributed by atoms with Crippen LogP contribution in [0.1, 0.15) is 60.3 Å². The van der Waals surface area contributed by atoms with Crippen LogP contribution < -0.4 is 0 Å². The molecular formula is C17H32N2O2. The van der Waals surface area contributed by atoms with E-state index in [0.29, 0.717) is 12.0 Å². The second kappa shape index (κ2) is 6.55. The highest BCUT2D eigenvalue weighted by atomic mass is 16.6. The molecule has 0 aromatic carbocycles. The number of piperidine rings is 1. The van der Waals surface area contributed by atoms with Gasteiger partial charge in [-0.25, -0.2) is 4.79 Å². The zero-order valence-corrected chi connectivity index (χ0v) is 14.4. The molecule has 0 bridgehead atoms. The third-order valence-electron chi connectivity index (χ3n) is 4.19. The zero-order valence-electron chi connectivity index (χ0n) is 14.4. The summed E-state index contributed by atoms with van der Waals surface area (Å²) in [5.41, 5.74) is -0.416. The molecule has 1 aliphatic carbocycles. The molecule has 21 heavy (non-hydrogen) atoms. The quantitative estimate of drug-likeness (QED) is 0.796. The highest BCUT2D eigenvalue weighted by Crippen LogP contribution is 2.30. The maximum absolute atomic E-state index is 12.5. The predicted molar refractivity (Wildman–Crippen MR) is 85.4 cm³/mol. The van der Waals surface area contributed by atoms with Crippen LogP contribution >= 0.6 is 0 Å². The van der Waals surface area contributed by atoms with Crippen molar-refractivity contribution in [1.29, 1.82) is 0 Å². The Morgan fingerprint density at radius 1 is 1.19 bits per heavy atom. The smallest absolute Gasteiger partial charge is 0.410 e. The molecule has 1 amide bonds. The van der Waals surface area contributed by atoms with Crippen LogP contribution in [0.5, 0.6) is 0 Å². The first kappa shape index (κ1) is 16.6. The van der Waals surface area contributed by atoms with Crippen molar-refractivity contribution < 1.29 is 9.53 Å². The van der Waals surface area contributed by atoms with Crippen molar-refractivity contribution in [3.8, 4) is 0 Å². The number of rotatable bonds is 4. The number of ether oxygens (including phenoxy) is 1. The molecule has 1 aliphatic heterocycles. The van der Waals surface area contributed by atoms with E-state index in [4.69, 9.17) is 4.74 Å². The molecule has 0 unspecified atom stereocenters. The van der Waals surface area contributed by atoms with Crippen molar-refractivity contribution in [2.24, 2.45) is 5.92 Å². The summed E-state index contributed by atoms with van der Waals surface area (Å²) in [6, 6.07) is 1.18. The van der Waals surface area contributed by atoms with E-state index in [1.807, 2.05) is 25.7 Å². The normalized spacial score (nSPS) is 21.6. The van der Waals surface area contributed by atoms with Gasteiger partial charge in [0.25, 0.3) is 0 Å². The molecule has 1 saturated carbocycles. The van der Waals surface area contributed by atoms with Gasteiger partial charge in [-0.2, -0.15) is 0 Å². The van der Waals surface area contributed by atoms with Crippen molar-refractivity contribution >= 4 is 6.09 Å². The number of hydrogen-bond donors (Lipinski definition) is 0. The number of carbonyl (C=O) groups excluding carboxylic acids is 1. The van der Waals surface area contributed by atoms with Gasteiger partial charge >= 0.3 is 6.09 Å². The van der Waals surface area contributed by atoms with Crippen LogP contribution in [0.15, 0.2) is 0 Å². The molecule has 4 nitrogen and oxygen atoms in total. The molecule has 122 valence electrons. The lowest BCUT2D eigenvalue weighted by Crippen LogP contribution is -2.50. The molecule has 2 aliphatic rings.